The Balaban J connectivity index is 1.75. The molecule has 0 bridgehead atoms. The first kappa shape index (κ1) is 16.9. The minimum Gasteiger partial charge on any atom is -0.467 e. The molecule has 2 aromatic rings. The monoisotopic (exact) mass is 368 g/mol. The summed E-state index contributed by atoms with van der Waals surface area (Å²) < 4.78 is 30.8. The van der Waals surface area contributed by atoms with E-state index in [0.29, 0.717) is 30.0 Å². The molecule has 1 amide bonds. The molecule has 0 unspecified atom stereocenters. The van der Waals surface area contributed by atoms with Gasteiger partial charge in [-0.1, -0.05) is 11.6 Å². The molecule has 0 radical (unpaired) electrons. The van der Waals surface area contributed by atoms with E-state index in [0.717, 1.165) is 6.42 Å². The average molecular weight is 369 g/mol. The van der Waals surface area contributed by atoms with Gasteiger partial charge in [-0.2, -0.15) is 0 Å². The van der Waals surface area contributed by atoms with Crippen molar-refractivity contribution in [2.75, 3.05) is 16.6 Å². The molecule has 1 aromatic carbocycles. The van der Waals surface area contributed by atoms with Crippen molar-refractivity contribution < 1.29 is 17.6 Å². The minimum absolute atomic E-state index is 0.135. The number of rotatable bonds is 4. The minimum atomic E-state index is -3.30. The topological polar surface area (TPSA) is 79.6 Å². The van der Waals surface area contributed by atoms with Gasteiger partial charge in [0.2, 0.25) is 10.0 Å². The van der Waals surface area contributed by atoms with Gasteiger partial charge in [0.25, 0.3) is 5.91 Å². The number of carbonyl (C=O) groups is 1. The number of nitrogens with one attached hydrogen (secondary N) is 1. The van der Waals surface area contributed by atoms with Crippen molar-refractivity contribution in [1.82, 2.24) is 5.32 Å². The fraction of sp³-hybridized carbons (Fsp3) is 0.312. The maximum absolute atomic E-state index is 12.2. The molecule has 0 aliphatic carbocycles. The number of halogens is 1. The highest BCUT2D eigenvalue weighted by molar-refractivity contribution is 7.92. The Kier molecular flexibility index (Phi) is 4.82. The van der Waals surface area contributed by atoms with E-state index in [2.05, 4.69) is 5.32 Å². The fourth-order valence-corrected chi connectivity index (χ4v) is 4.49. The number of anilines is 1. The van der Waals surface area contributed by atoms with Crippen LogP contribution in [0.25, 0.3) is 0 Å². The van der Waals surface area contributed by atoms with Crippen LogP contribution in [0.3, 0.4) is 0 Å². The second-order valence-electron chi connectivity index (χ2n) is 5.52. The summed E-state index contributed by atoms with van der Waals surface area (Å²) in [6.45, 7) is 0.688. The number of hydrogen-bond acceptors (Lipinski definition) is 4. The van der Waals surface area contributed by atoms with Gasteiger partial charge in [-0.25, -0.2) is 8.42 Å². The molecule has 1 saturated heterocycles. The van der Waals surface area contributed by atoms with Crippen LogP contribution in [0.4, 0.5) is 5.69 Å². The highest BCUT2D eigenvalue weighted by Gasteiger charge is 2.26. The Morgan fingerprint density at radius 3 is 2.79 bits per heavy atom. The third-order valence-corrected chi connectivity index (χ3v) is 6.02. The first-order valence-electron chi connectivity index (χ1n) is 7.58. The van der Waals surface area contributed by atoms with Crippen LogP contribution in [0.5, 0.6) is 0 Å². The number of benzene rings is 1. The Hall–Kier alpha value is -1.99. The standard InChI is InChI=1S/C16H17ClN2O4S/c17-15-10-12(19-7-1-2-9-24(19,21)22)5-6-14(15)16(20)18-11-13-4-3-8-23-13/h3-6,8,10H,1-2,7,9,11H2,(H,18,20). The first-order valence-corrected chi connectivity index (χ1v) is 9.56. The van der Waals surface area contributed by atoms with E-state index in [1.54, 1.807) is 24.3 Å². The van der Waals surface area contributed by atoms with Crippen LogP contribution in [0, 0.1) is 0 Å². The van der Waals surface area contributed by atoms with Crippen molar-refractivity contribution in [3.8, 4) is 0 Å². The molecule has 6 nitrogen and oxygen atoms in total. The summed E-state index contributed by atoms with van der Waals surface area (Å²) >= 11 is 6.19. The van der Waals surface area contributed by atoms with E-state index >= 15 is 0 Å². The largest absolute Gasteiger partial charge is 0.467 e. The molecule has 3 rings (SSSR count). The van der Waals surface area contributed by atoms with Gasteiger partial charge < -0.3 is 9.73 Å². The smallest absolute Gasteiger partial charge is 0.253 e. The van der Waals surface area contributed by atoms with Gasteiger partial charge in [-0.3, -0.25) is 9.10 Å². The van der Waals surface area contributed by atoms with Crippen molar-refractivity contribution in [2.24, 2.45) is 0 Å². The summed E-state index contributed by atoms with van der Waals surface area (Å²) in [7, 11) is -3.30. The van der Waals surface area contributed by atoms with Gasteiger partial charge in [0.05, 0.1) is 34.8 Å². The van der Waals surface area contributed by atoms with Crippen LogP contribution in [0.1, 0.15) is 29.0 Å². The van der Waals surface area contributed by atoms with Gasteiger partial charge in [-0.15, -0.1) is 0 Å². The summed E-state index contributed by atoms with van der Waals surface area (Å²) in [5, 5.41) is 2.92. The number of furan rings is 1. The highest BCUT2D eigenvalue weighted by Crippen LogP contribution is 2.28. The van der Waals surface area contributed by atoms with Gasteiger partial charge in [0.15, 0.2) is 0 Å². The second kappa shape index (κ2) is 6.86. The molecule has 0 atom stereocenters. The number of sulfonamides is 1. The third-order valence-electron chi connectivity index (χ3n) is 3.84. The van der Waals surface area contributed by atoms with E-state index in [1.165, 1.54) is 16.6 Å². The number of amides is 1. The normalized spacial score (nSPS) is 16.8. The Labute approximate surface area is 145 Å². The van der Waals surface area contributed by atoms with Crippen LogP contribution >= 0.6 is 11.6 Å². The van der Waals surface area contributed by atoms with Crippen molar-refractivity contribution in [2.45, 2.75) is 19.4 Å². The lowest BCUT2D eigenvalue weighted by atomic mass is 10.2. The quantitative estimate of drug-likeness (QED) is 0.899. The zero-order valence-corrected chi connectivity index (χ0v) is 14.4. The Bertz CT molecular complexity index is 834. The van der Waals surface area contributed by atoms with Gasteiger partial charge in [-0.05, 0) is 43.2 Å². The zero-order valence-electron chi connectivity index (χ0n) is 12.9. The summed E-state index contributed by atoms with van der Waals surface area (Å²) in [6.07, 6.45) is 3.00. The molecule has 1 aliphatic heterocycles. The molecule has 1 aliphatic rings. The second-order valence-corrected chi connectivity index (χ2v) is 7.94. The summed E-state index contributed by atoms with van der Waals surface area (Å²) in [5.74, 6) is 0.427. The Morgan fingerprint density at radius 2 is 2.12 bits per heavy atom. The molecule has 0 spiro atoms. The highest BCUT2D eigenvalue weighted by atomic mass is 35.5. The van der Waals surface area contributed by atoms with E-state index < -0.39 is 10.0 Å². The molecule has 1 fully saturated rings. The lowest BCUT2D eigenvalue weighted by Gasteiger charge is -2.28. The maximum Gasteiger partial charge on any atom is 0.253 e. The number of carbonyl (C=O) groups excluding carboxylic acids is 1. The molecule has 24 heavy (non-hydrogen) atoms. The third kappa shape index (κ3) is 3.57. The van der Waals surface area contributed by atoms with Crippen molar-refractivity contribution >= 4 is 33.2 Å². The van der Waals surface area contributed by atoms with Gasteiger partial charge >= 0.3 is 0 Å². The van der Waals surface area contributed by atoms with Crippen LogP contribution in [0.15, 0.2) is 41.0 Å². The van der Waals surface area contributed by atoms with Crippen LogP contribution in [-0.2, 0) is 16.6 Å². The molecule has 1 aromatic heterocycles. The van der Waals surface area contributed by atoms with Crippen molar-refractivity contribution in [3.05, 3.63) is 52.9 Å². The first-order chi connectivity index (χ1) is 11.5. The average Bonchev–Trinajstić information content (AvgIpc) is 3.05. The van der Waals surface area contributed by atoms with Crippen molar-refractivity contribution in [3.63, 3.8) is 0 Å². The van der Waals surface area contributed by atoms with E-state index in [1.807, 2.05) is 0 Å². The van der Waals surface area contributed by atoms with Crippen molar-refractivity contribution in [1.29, 1.82) is 0 Å². The van der Waals surface area contributed by atoms with Crippen LogP contribution in [0.2, 0.25) is 5.02 Å². The fourth-order valence-electron chi connectivity index (χ4n) is 2.60. The van der Waals surface area contributed by atoms with Gasteiger partial charge in [0.1, 0.15) is 5.76 Å². The maximum atomic E-state index is 12.2. The van der Waals surface area contributed by atoms with E-state index in [4.69, 9.17) is 16.0 Å². The summed E-state index contributed by atoms with van der Waals surface area (Å²) in [4.78, 5) is 12.2. The molecule has 0 saturated carbocycles. The van der Waals surface area contributed by atoms with E-state index in [-0.39, 0.29) is 23.2 Å². The number of nitrogens with zero attached hydrogens (tertiary/aromatic N) is 1. The van der Waals surface area contributed by atoms with Gasteiger partial charge in [0, 0.05) is 6.54 Å². The number of hydrogen-bond donors (Lipinski definition) is 1. The molecule has 2 heterocycles. The molecule has 1 N–H and O–H groups in total. The lowest BCUT2D eigenvalue weighted by Crippen LogP contribution is -2.37. The molecule has 8 heteroatoms. The molecular formula is C16H17ClN2O4S. The predicted molar refractivity (Wildman–Crippen MR) is 91.7 cm³/mol. The summed E-state index contributed by atoms with van der Waals surface area (Å²) in [6, 6.07) is 8.16. The predicted octanol–water partition coefficient (Wildman–Crippen LogP) is 2.79. The Morgan fingerprint density at radius 1 is 1.29 bits per heavy atom. The molecule has 128 valence electrons. The van der Waals surface area contributed by atoms with Crippen LogP contribution < -0.4 is 9.62 Å². The lowest BCUT2D eigenvalue weighted by molar-refractivity contribution is 0.0948. The summed E-state index contributed by atoms with van der Waals surface area (Å²) in [5.41, 5.74) is 0.781. The molecular weight excluding hydrogens is 352 g/mol. The zero-order chi connectivity index (χ0) is 17.2. The SMILES string of the molecule is O=C(NCc1ccco1)c1ccc(N2CCCCS2(=O)=O)cc1Cl. The van der Waals surface area contributed by atoms with E-state index in [9.17, 15) is 13.2 Å². The van der Waals surface area contributed by atoms with Crippen LogP contribution in [-0.4, -0.2) is 26.6 Å².